The Labute approximate surface area is 92.3 Å². The quantitative estimate of drug-likeness (QED) is 0.814. The molecule has 1 aliphatic carbocycles. The van der Waals surface area contributed by atoms with Gasteiger partial charge in [0.2, 0.25) is 0 Å². The Morgan fingerprint density at radius 1 is 1.60 bits per heavy atom. The zero-order valence-corrected chi connectivity index (χ0v) is 9.43. The van der Waals surface area contributed by atoms with Crippen molar-refractivity contribution in [3.05, 3.63) is 16.1 Å². The lowest BCUT2D eigenvalue weighted by molar-refractivity contribution is 0.177. The Morgan fingerprint density at radius 2 is 2.27 bits per heavy atom. The van der Waals surface area contributed by atoms with Gasteiger partial charge in [0.25, 0.3) is 0 Å². The Morgan fingerprint density at radius 3 is 2.73 bits per heavy atom. The fourth-order valence-corrected chi connectivity index (χ4v) is 3.16. The number of hydrogen-bond acceptors (Lipinski definition) is 3. The molecule has 0 atom stereocenters. The molecule has 82 valence electrons. The molecule has 1 heterocycles. The van der Waals surface area contributed by atoms with Crippen LogP contribution >= 0.6 is 11.3 Å². The lowest BCUT2D eigenvalue weighted by atomic mass is 9.99. The minimum Gasteiger partial charge on any atom is -0.465 e. The SMILES string of the molecule is Cc1csc(C2(NC(=O)O)CCCC2)n1. The number of rotatable bonds is 2. The fraction of sp³-hybridized carbons (Fsp3) is 0.600. The monoisotopic (exact) mass is 226 g/mol. The van der Waals surface area contributed by atoms with Gasteiger partial charge in [-0.15, -0.1) is 11.3 Å². The van der Waals surface area contributed by atoms with E-state index in [1.807, 2.05) is 12.3 Å². The predicted molar refractivity (Wildman–Crippen MR) is 58.2 cm³/mol. The van der Waals surface area contributed by atoms with Gasteiger partial charge in [-0.05, 0) is 19.8 Å². The molecule has 0 aromatic carbocycles. The molecule has 0 radical (unpaired) electrons. The van der Waals surface area contributed by atoms with Crippen LogP contribution in [0.2, 0.25) is 0 Å². The highest BCUT2D eigenvalue weighted by atomic mass is 32.1. The van der Waals surface area contributed by atoms with Gasteiger partial charge in [0, 0.05) is 11.1 Å². The van der Waals surface area contributed by atoms with E-state index in [1.54, 1.807) is 11.3 Å². The summed E-state index contributed by atoms with van der Waals surface area (Å²) in [5.74, 6) is 0. The van der Waals surface area contributed by atoms with E-state index in [2.05, 4.69) is 10.3 Å². The van der Waals surface area contributed by atoms with Gasteiger partial charge in [0.1, 0.15) is 5.01 Å². The highest BCUT2D eigenvalue weighted by Crippen LogP contribution is 2.39. The van der Waals surface area contributed by atoms with Crippen molar-refractivity contribution >= 4 is 17.4 Å². The van der Waals surface area contributed by atoms with Crippen molar-refractivity contribution in [3.63, 3.8) is 0 Å². The molecule has 2 rings (SSSR count). The van der Waals surface area contributed by atoms with Crippen LogP contribution in [0.4, 0.5) is 4.79 Å². The number of amides is 1. The molecule has 1 aromatic rings. The van der Waals surface area contributed by atoms with Crippen molar-refractivity contribution in [2.75, 3.05) is 0 Å². The van der Waals surface area contributed by atoms with Gasteiger partial charge in [-0.3, -0.25) is 0 Å². The maximum atomic E-state index is 10.8. The van der Waals surface area contributed by atoms with Crippen LogP contribution in [-0.2, 0) is 5.54 Å². The Kier molecular flexibility index (Phi) is 2.65. The van der Waals surface area contributed by atoms with E-state index in [0.717, 1.165) is 36.4 Å². The number of nitrogens with one attached hydrogen (secondary N) is 1. The lowest BCUT2D eigenvalue weighted by Crippen LogP contribution is -2.43. The second kappa shape index (κ2) is 3.81. The van der Waals surface area contributed by atoms with E-state index >= 15 is 0 Å². The molecule has 15 heavy (non-hydrogen) atoms. The fourth-order valence-electron chi connectivity index (χ4n) is 2.15. The molecular weight excluding hydrogens is 212 g/mol. The van der Waals surface area contributed by atoms with Crippen LogP contribution in [-0.4, -0.2) is 16.2 Å². The molecule has 0 unspecified atom stereocenters. The maximum absolute atomic E-state index is 10.8. The average Bonchev–Trinajstić information content (AvgIpc) is 2.73. The summed E-state index contributed by atoms with van der Waals surface area (Å²) in [7, 11) is 0. The van der Waals surface area contributed by atoms with E-state index < -0.39 is 11.6 Å². The molecule has 2 N–H and O–H groups in total. The Bertz CT molecular complexity index is 369. The molecule has 1 aliphatic rings. The Hall–Kier alpha value is -1.10. The molecule has 1 fully saturated rings. The first kappa shape index (κ1) is 10.4. The normalized spacial score (nSPS) is 19.0. The zero-order valence-electron chi connectivity index (χ0n) is 8.62. The molecule has 4 nitrogen and oxygen atoms in total. The van der Waals surface area contributed by atoms with Gasteiger partial charge in [0.05, 0.1) is 5.54 Å². The predicted octanol–water partition coefficient (Wildman–Crippen LogP) is 2.49. The number of aromatic nitrogens is 1. The van der Waals surface area contributed by atoms with Gasteiger partial charge < -0.3 is 10.4 Å². The van der Waals surface area contributed by atoms with E-state index in [9.17, 15) is 4.79 Å². The van der Waals surface area contributed by atoms with Crippen molar-refractivity contribution in [1.82, 2.24) is 10.3 Å². The third-order valence-electron chi connectivity index (χ3n) is 2.83. The first-order valence-electron chi connectivity index (χ1n) is 5.06. The van der Waals surface area contributed by atoms with Crippen molar-refractivity contribution in [3.8, 4) is 0 Å². The van der Waals surface area contributed by atoms with Crippen LogP contribution < -0.4 is 5.32 Å². The number of hydrogen-bond donors (Lipinski definition) is 2. The molecule has 1 aromatic heterocycles. The van der Waals surface area contributed by atoms with Gasteiger partial charge in [-0.1, -0.05) is 12.8 Å². The summed E-state index contributed by atoms with van der Waals surface area (Å²) in [6, 6.07) is 0. The molecular formula is C10H14N2O2S. The van der Waals surface area contributed by atoms with E-state index in [0.29, 0.717) is 0 Å². The number of nitrogens with zero attached hydrogens (tertiary/aromatic N) is 1. The second-order valence-electron chi connectivity index (χ2n) is 4.01. The third-order valence-corrected chi connectivity index (χ3v) is 4.00. The zero-order chi connectivity index (χ0) is 10.9. The summed E-state index contributed by atoms with van der Waals surface area (Å²) in [4.78, 5) is 15.2. The topological polar surface area (TPSA) is 62.2 Å². The second-order valence-corrected chi connectivity index (χ2v) is 4.87. The molecule has 0 bridgehead atoms. The molecule has 1 amide bonds. The smallest absolute Gasteiger partial charge is 0.405 e. The van der Waals surface area contributed by atoms with Gasteiger partial charge in [-0.2, -0.15) is 0 Å². The summed E-state index contributed by atoms with van der Waals surface area (Å²) < 4.78 is 0. The van der Waals surface area contributed by atoms with Crippen molar-refractivity contribution in [1.29, 1.82) is 0 Å². The number of thiazole rings is 1. The summed E-state index contributed by atoms with van der Waals surface area (Å²) in [5.41, 5.74) is 0.554. The summed E-state index contributed by atoms with van der Waals surface area (Å²) in [5, 5.41) is 14.4. The number of aryl methyl sites for hydroxylation is 1. The van der Waals surface area contributed by atoms with Gasteiger partial charge >= 0.3 is 6.09 Å². The van der Waals surface area contributed by atoms with Crippen LogP contribution in [0.5, 0.6) is 0 Å². The Balaban J connectivity index is 2.29. The van der Waals surface area contributed by atoms with Crippen LogP contribution in [0.25, 0.3) is 0 Å². The first-order valence-corrected chi connectivity index (χ1v) is 5.94. The number of carboxylic acid groups (broad SMARTS) is 1. The summed E-state index contributed by atoms with van der Waals surface area (Å²) >= 11 is 1.55. The van der Waals surface area contributed by atoms with Crippen LogP contribution in [0.3, 0.4) is 0 Å². The maximum Gasteiger partial charge on any atom is 0.405 e. The molecule has 1 saturated carbocycles. The van der Waals surface area contributed by atoms with Crippen molar-refractivity contribution < 1.29 is 9.90 Å². The van der Waals surface area contributed by atoms with E-state index in [4.69, 9.17) is 5.11 Å². The van der Waals surface area contributed by atoms with E-state index in [1.165, 1.54) is 0 Å². The van der Waals surface area contributed by atoms with Crippen LogP contribution in [0.15, 0.2) is 5.38 Å². The van der Waals surface area contributed by atoms with Crippen LogP contribution in [0.1, 0.15) is 36.4 Å². The molecule has 0 aliphatic heterocycles. The number of carbonyl (C=O) groups is 1. The van der Waals surface area contributed by atoms with Crippen molar-refractivity contribution in [2.24, 2.45) is 0 Å². The molecule has 5 heteroatoms. The van der Waals surface area contributed by atoms with Gasteiger partial charge in [-0.25, -0.2) is 9.78 Å². The van der Waals surface area contributed by atoms with Gasteiger partial charge in [0.15, 0.2) is 0 Å². The highest BCUT2D eigenvalue weighted by molar-refractivity contribution is 7.09. The molecule has 0 saturated heterocycles. The first-order chi connectivity index (χ1) is 7.12. The van der Waals surface area contributed by atoms with E-state index in [-0.39, 0.29) is 0 Å². The van der Waals surface area contributed by atoms with Crippen LogP contribution in [0, 0.1) is 6.92 Å². The largest absolute Gasteiger partial charge is 0.465 e. The molecule has 0 spiro atoms. The minimum atomic E-state index is -0.954. The summed E-state index contributed by atoms with van der Waals surface area (Å²) in [6.45, 7) is 1.93. The standard InChI is InChI=1S/C10H14N2O2S/c1-7-6-15-8(11-7)10(12-9(13)14)4-2-3-5-10/h6,12H,2-5H2,1H3,(H,13,14). The highest BCUT2D eigenvalue weighted by Gasteiger charge is 2.39. The lowest BCUT2D eigenvalue weighted by Gasteiger charge is -2.26. The average molecular weight is 226 g/mol. The minimum absolute atomic E-state index is 0.412. The third kappa shape index (κ3) is 1.97. The summed E-state index contributed by atoms with van der Waals surface area (Å²) in [6.07, 6.45) is 2.92. The van der Waals surface area contributed by atoms with Crippen molar-refractivity contribution in [2.45, 2.75) is 38.1 Å².